The summed E-state index contributed by atoms with van der Waals surface area (Å²) in [4.78, 5) is 25.5. The van der Waals surface area contributed by atoms with Crippen LogP contribution in [0.4, 0.5) is 0 Å². The fraction of sp³-hybridized carbons (Fsp3) is 0.818. The molecule has 5 unspecified atom stereocenters. The van der Waals surface area contributed by atoms with Crippen molar-refractivity contribution < 1.29 is 23.8 Å². The molecule has 2 aliphatic heterocycles. The Labute approximate surface area is 161 Å². The van der Waals surface area contributed by atoms with Crippen molar-refractivity contribution >= 4 is 11.8 Å². The molecule has 5 atom stereocenters. The fourth-order valence-electron chi connectivity index (χ4n) is 6.89. The number of carbonyl (C=O) groups excluding carboxylic acids is 2. The Morgan fingerprint density at radius 2 is 1.89 bits per heavy atom. The Bertz CT molecular complexity index is 711. The van der Waals surface area contributed by atoms with Gasteiger partial charge in [-0.25, -0.2) is 0 Å². The highest BCUT2D eigenvalue weighted by molar-refractivity contribution is 5.92. The first-order valence-electron chi connectivity index (χ1n) is 10.2. The van der Waals surface area contributed by atoms with Crippen LogP contribution in [-0.4, -0.2) is 35.2 Å². The van der Waals surface area contributed by atoms with Crippen molar-refractivity contribution in [3.8, 4) is 0 Å². The van der Waals surface area contributed by atoms with Gasteiger partial charge in [-0.1, -0.05) is 27.2 Å². The van der Waals surface area contributed by atoms with E-state index in [0.717, 1.165) is 25.7 Å². The zero-order chi connectivity index (χ0) is 19.7. The first kappa shape index (κ1) is 19.0. The maximum Gasteiger partial charge on any atom is 0.303 e. The summed E-state index contributed by atoms with van der Waals surface area (Å²) in [5, 5.41) is 0. The van der Waals surface area contributed by atoms with Crippen molar-refractivity contribution in [2.75, 3.05) is 6.61 Å². The van der Waals surface area contributed by atoms with Crippen LogP contribution in [0.1, 0.15) is 73.1 Å². The van der Waals surface area contributed by atoms with Gasteiger partial charge in [0.15, 0.2) is 11.4 Å². The number of ether oxygens (including phenoxy) is 3. The predicted molar refractivity (Wildman–Crippen MR) is 99.9 cm³/mol. The summed E-state index contributed by atoms with van der Waals surface area (Å²) in [5.74, 6) is -0.225. The topological polar surface area (TPSA) is 61.8 Å². The molecule has 27 heavy (non-hydrogen) atoms. The van der Waals surface area contributed by atoms with Gasteiger partial charge in [-0.2, -0.15) is 0 Å². The molecular weight excluding hydrogens is 344 g/mol. The van der Waals surface area contributed by atoms with Gasteiger partial charge in [-0.15, -0.1) is 0 Å². The summed E-state index contributed by atoms with van der Waals surface area (Å²) < 4.78 is 18.2. The van der Waals surface area contributed by atoms with Gasteiger partial charge in [0.2, 0.25) is 0 Å². The summed E-state index contributed by atoms with van der Waals surface area (Å²) in [6.45, 7) is 10.4. The zero-order valence-electron chi connectivity index (χ0n) is 17.2. The van der Waals surface area contributed by atoms with E-state index in [1.807, 2.05) is 6.08 Å². The molecule has 0 amide bonds. The molecule has 2 aliphatic carbocycles. The maximum absolute atomic E-state index is 13.5. The Balaban J connectivity index is 1.88. The summed E-state index contributed by atoms with van der Waals surface area (Å²) >= 11 is 0. The molecule has 0 aromatic carbocycles. The lowest BCUT2D eigenvalue weighted by atomic mass is 9.43. The van der Waals surface area contributed by atoms with Crippen LogP contribution >= 0.6 is 0 Å². The number of fused-ring (bicyclic) bond motifs is 2. The normalized spacial score (nSPS) is 47.9. The molecule has 5 nitrogen and oxygen atoms in total. The average molecular weight is 376 g/mol. The quantitative estimate of drug-likeness (QED) is 0.649. The minimum Gasteiger partial charge on any atom is -0.498 e. The number of ketones is 1. The van der Waals surface area contributed by atoms with Crippen LogP contribution in [0.3, 0.4) is 0 Å². The number of Topliss-reactive ketones (excluding diaryl/α,β-unsaturated/α-hetero) is 1. The van der Waals surface area contributed by atoms with Gasteiger partial charge in [0.05, 0.1) is 6.26 Å². The van der Waals surface area contributed by atoms with Gasteiger partial charge >= 0.3 is 5.97 Å². The molecule has 150 valence electrons. The van der Waals surface area contributed by atoms with E-state index in [-0.39, 0.29) is 22.5 Å². The molecule has 3 fully saturated rings. The Morgan fingerprint density at radius 1 is 1.15 bits per heavy atom. The molecule has 5 heteroatoms. The third-order valence-electron chi connectivity index (χ3n) is 8.27. The van der Waals surface area contributed by atoms with Crippen molar-refractivity contribution in [1.29, 1.82) is 0 Å². The minimum absolute atomic E-state index is 0.00454. The van der Waals surface area contributed by atoms with Gasteiger partial charge in [-0.05, 0) is 50.0 Å². The molecule has 4 aliphatic rings. The molecule has 2 saturated carbocycles. The number of rotatable bonds is 1. The van der Waals surface area contributed by atoms with Crippen LogP contribution in [0.5, 0.6) is 0 Å². The highest BCUT2D eigenvalue weighted by atomic mass is 16.6. The van der Waals surface area contributed by atoms with Crippen molar-refractivity contribution in [3.05, 3.63) is 12.3 Å². The molecule has 0 bridgehead atoms. The maximum atomic E-state index is 13.5. The lowest BCUT2D eigenvalue weighted by Crippen LogP contribution is -2.74. The summed E-state index contributed by atoms with van der Waals surface area (Å²) in [5.41, 5.74) is -2.81. The van der Waals surface area contributed by atoms with Gasteiger partial charge in [0.1, 0.15) is 17.8 Å². The van der Waals surface area contributed by atoms with Crippen LogP contribution in [0.15, 0.2) is 12.3 Å². The van der Waals surface area contributed by atoms with E-state index >= 15 is 0 Å². The van der Waals surface area contributed by atoms with Crippen molar-refractivity contribution in [2.24, 2.45) is 16.7 Å². The van der Waals surface area contributed by atoms with E-state index in [2.05, 4.69) is 20.8 Å². The molecule has 1 saturated heterocycles. The van der Waals surface area contributed by atoms with Crippen molar-refractivity contribution in [3.63, 3.8) is 0 Å². The monoisotopic (exact) mass is 376 g/mol. The molecule has 0 radical (unpaired) electrons. The third kappa shape index (κ3) is 2.33. The summed E-state index contributed by atoms with van der Waals surface area (Å²) in [6, 6.07) is 0. The Kier molecular flexibility index (Phi) is 3.93. The molecule has 0 aromatic heterocycles. The highest BCUT2D eigenvalue weighted by Crippen LogP contribution is 2.68. The Morgan fingerprint density at radius 3 is 2.52 bits per heavy atom. The number of esters is 1. The van der Waals surface area contributed by atoms with Crippen LogP contribution in [0.25, 0.3) is 0 Å². The number of hydrogen-bond donors (Lipinski definition) is 0. The smallest absolute Gasteiger partial charge is 0.303 e. The first-order valence-corrected chi connectivity index (χ1v) is 10.2. The van der Waals surface area contributed by atoms with E-state index in [1.54, 1.807) is 13.2 Å². The lowest BCUT2D eigenvalue weighted by Gasteiger charge is -2.65. The SMILES string of the molecule is CC(=O)OC1(C)C(=O)CC2C(C)(C)CCCC2(C)C12CCC1(C=COC1)O2. The van der Waals surface area contributed by atoms with Gasteiger partial charge in [0.25, 0.3) is 0 Å². The van der Waals surface area contributed by atoms with Crippen molar-refractivity contribution in [1.82, 2.24) is 0 Å². The molecule has 0 aromatic rings. The van der Waals surface area contributed by atoms with Gasteiger partial charge in [-0.3, -0.25) is 9.59 Å². The third-order valence-corrected chi connectivity index (χ3v) is 8.27. The Hall–Kier alpha value is -1.36. The van der Waals surface area contributed by atoms with Crippen LogP contribution in [0.2, 0.25) is 0 Å². The molecule has 4 rings (SSSR count). The second-order valence-electron chi connectivity index (χ2n) is 10.2. The molecule has 0 N–H and O–H groups in total. The van der Waals surface area contributed by atoms with E-state index in [1.165, 1.54) is 6.92 Å². The predicted octanol–water partition coefficient (Wildman–Crippen LogP) is 3.95. The van der Waals surface area contributed by atoms with Crippen molar-refractivity contribution in [2.45, 2.75) is 89.9 Å². The molecular formula is C22H32O5. The highest BCUT2D eigenvalue weighted by Gasteiger charge is 2.76. The average Bonchev–Trinajstić information content (AvgIpc) is 3.18. The van der Waals surface area contributed by atoms with Gasteiger partial charge < -0.3 is 14.2 Å². The zero-order valence-corrected chi connectivity index (χ0v) is 17.2. The fourth-order valence-corrected chi connectivity index (χ4v) is 6.89. The van der Waals surface area contributed by atoms with Crippen LogP contribution in [0, 0.1) is 16.7 Å². The van der Waals surface area contributed by atoms with E-state index in [0.29, 0.717) is 19.4 Å². The molecule has 2 spiro atoms. The standard InChI is InChI=1S/C22H32O5/c1-15(23)26-20(5)17(24)13-16-18(2,3)7-6-8-19(16,4)22(20)10-9-21(27-22)11-12-25-14-21/h11-12,16H,6-10,13-14H2,1-5H3. The minimum atomic E-state index is -1.27. The first-order chi connectivity index (χ1) is 12.5. The van der Waals surface area contributed by atoms with E-state index in [4.69, 9.17) is 14.2 Å². The number of carbonyl (C=O) groups is 2. The largest absolute Gasteiger partial charge is 0.498 e. The second-order valence-corrected chi connectivity index (χ2v) is 10.2. The van der Waals surface area contributed by atoms with E-state index < -0.39 is 22.8 Å². The van der Waals surface area contributed by atoms with Gasteiger partial charge in [0, 0.05) is 18.8 Å². The number of hydrogen-bond acceptors (Lipinski definition) is 5. The lowest BCUT2D eigenvalue weighted by molar-refractivity contribution is -0.282. The van der Waals surface area contributed by atoms with Crippen LogP contribution in [-0.2, 0) is 23.8 Å². The van der Waals surface area contributed by atoms with Crippen LogP contribution < -0.4 is 0 Å². The summed E-state index contributed by atoms with van der Waals surface area (Å²) in [7, 11) is 0. The van der Waals surface area contributed by atoms with E-state index in [9.17, 15) is 9.59 Å². The molecule has 2 heterocycles. The second kappa shape index (κ2) is 5.59. The summed E-state index contributed by atoms with van der Waals surface area (Å²) in [6.07, 6.45) is 8.75.